The number of rotatable bonds is 7. The summed E-state index contributed by atoms with van der Waals surface area (Å²) in [7, 11) is 0. The lowest BCUT2D eigenvalue weighted by molar-refractivity contribution is -0.384. The van der Waals surface area contributed by atoms with Crippen LogP contribution in [0.25, 0.3) is 0 Å². The Labute approximate surface area is 156 Å². The third kappa shape index (κ3) is 4.91. The molecule has 0 atom stereocenters. The molecule has 0 radical (unpaired) electrons. The van der Waals surface area contributed by atoms with Gasteiger partial charge >= 0.3 is 0 Å². The first-order valence-electron chi connectivity index (χ1n) is 8.69. The van der Waals surface area contributed by atoms with E-state index in [2.05, 4.69) is 15.6 Å². The molecule has 1 amide bonds. The maximum atomic E-state index is 12.5. The van der Waals surface area contributed by atoms with Crippen LogP contribution in [0.3, 0.4) is 0 Å². The molecule has 9 nitrogen and oxygen atoms in total. The van der Waals surface area contributed by atoms with Crippen LogP contribution >= 0.6 is 0 Å². The number of benzene rings is 1. The molecule has 0 bridgehead atoms. The summed E-state index contributed by atoms with van der Waals surface area (Å²) in [6.45, 7) is 2.96. The summed E-state index contributed by atoms with van der Waals surface area (Å²) >= 11 is 0. The molecule has 1 aromatic carbocycles. The molecule has 2 aromatic rings. The van der Waals surface area contributed by atoms with Gasteiger partial charge in [0, 0.05) is 44.0 Å². The van der Waals surface area contributed by atoms with Crippen LogP contribution in [0.15, 0.2) is 42.6 Å². The summed E-state index contributed by atoms with van der Waals surface area (Å²) < 4.78 is 5.23. The van der Waals surface area contributed by atoms with Crippen molar-refractivity contribution in [3.63, 3.8) is 0 Å². The first-order valence-corrected chi connectivity index (χ1v) is 8.69. The normalized spacial score (nSPS) is 13.9. The molecule has 142 valence electrons. The molecule has 1 aromatic heterocycles. The lowest BCUT2D eigenvalue weighted by atomic mass is 10.1. The number of anilines is 2. The maximum Gasteiger partial charge on any atom is 0.293 e. The lowest BCUT2D eigenvalue weighted by Crippen LogP contribution is -2.40. The number of ether oxygens (including phenoxy) is 1. The number of hydrogen-bond donors (Lipinski definition) is 2. The van der Waals surface area contributed by atoms with E-state index in [1.165, 1.54) is 6.07 Å². The molecular weight excluding hydrogens is 350 g/mol. The molecule has 27 heavy (non-hydrogen) atoms. The average Bonchev–Trinajstić information content (AvgIpc) is 2.72. The van der Waals surface area contributed by atoms with Gasteiger partial charge in [-0.3, -0.25) is 14.9 Å². The maximum absolute atomic E-state index is 12.5. The molecule has 1 fully saturated rings. The van der Waals surface area contributed by atoms with Gasteiger partial charge in [-0.1, -0.05) is 6.07 Å². The van der Waals surface area contributed by atoms with Crippen LogP contribution in [0.2, 0.25) is 0 Å². The number of amides is 1. The van der Waals surface area contributed by atoms with Crippen LogP contribution in [0.5, 0.6) is 0 Å². The Balaban J connectivity index is 1.63. The average molecular weight is 371 g/mol. The molecule has 9 heteroatoms. The Morgan fingerprint density at radius 1 is 1.19 bits per heavy atom. The number of hydrogen-bond acceptors (Lipinski definition) is 7. The summed E-state index contributed by atoms with van der Waals surface area (Å²) in [6, 6.07) is 10.1. The van der Waals surface area contributed by atoms with Gasteiger partial charge in [0.05, 0.1) is 18.1 Å². The van der Waals surface area contributed by atoms with Gasteiger partial charge in [-0.25, -0.2) is 4.98 Å². The van der Waals surface area contributed by atoms with Crippen LogP contribution < -0.4 is 10.6 Å². The zero-order valence-corrected chi connectivity index (χ0v) is 14.8. The van der Waals surface area contributed by atoms with Crippen LogP contribution in [0, 0.1) is 10.1 Å². The zero-order chi connectivity index (χ0) is 19.1. The second kappa shape index (κ2) is 8.95. The van der Waals surface area contributed by atoms with E-state index in [1.807, 2.05) is 18.2 Å². The Bertz CT molecular complexity index is 794. The largest absolute Gasteiger partial charge is 0.378 e. The van der Waals surface area contributed by atoms with Crippen LogP contribution in [0.1, 0.15) is 10.4 Å². The van der Waals surface area contributed by atoms with Crippen molar-refractivity contribution in [3.05, 3.63) is 58.3 Å². The number of morpholine rings is 1. The third-order valence-corrected chi connectivity index (χ3v) is 4.15. The molecule has 2 heterocycles. The minimum atomic E-state index is -0.482. The van der Waals surface area contributed by atoms with Crippen molar-refractivity contribution >= 4 is 23.1 Å². The molecular formula is C18H21N5O4. The Morgan fingerprint density at radius 2 is 1.96 bits per heavy atom. The van der Waals surface area contributed by atoms with E-state index in [1.54, 1.807) is 23.2 Å². The zero-order valence-electron chi connectivity index (χ0n) is 14.8. The SMILES string of the molecule is O=C(c1ccc(NCCNc2ccccn2)c([N+](=O)[O-])c1)N1CCOCC1. The predicted molar refractivity (Wildman–Crippen MR) is 101 cm³/mol. The second-order valence-corrected chi connectivity index (χ2v) is 5.96. The standard InChI is InChI=1S/C18H21N5O4/c24-18(22-9-11-27-12-10-22)14-4-5-15(16(13-14)23(25)26)19-7-8-21-17-3-1-2-6-20-17/h1-6,13,19H,7-12H2,(H,20,21). The summed E-state index contributed by atoms with van der Waals surface area (Å²) in [5.74, 6) is 0.519. The highest BCUT2D eigenvalue weighted by atomic mass is 16.6. The van der Waals surface area contributed by atoms with Gasteiger partial charge in [-0.05, 0) is 24.3 Å². The molecule has 0 saturated carbocycles. The molecule has 3 rings (SSSR count). The van der Waals surface area contributed by atoms with Crippen molar-refractivity contribution in [2.24, 2.45) is 0 Å². The van der Waals surface area contributed by atoms with E-state index < -0.39 is 4.92 Å². The van der Waals surface area contributed by atoms with E-state index in [0.717, 1.165) is 5.82 Å². The summed E-state index contributed by atoms with van der Waals surface area (Å²) in [6.07, 6.45) is 1.69. The monoisotopic (exact) mass is 371 g/mol. The minimum Gasteiger partial charge on any atom is -0.378 e. The molecule has 1 aliphatic rings. The van der Waals surface area contributed by atoms with Gasteiger partial charge in [0.25, 0.3) is 11.6 Å². The molecule has 1 aliphatic heterocycles. The number of carbonyl (C=O) groups excluding carboxylic acids is 1. The predicted octanol–water partition coefficient (Wildman–Crippen LogP) is 1.99. The topological polar surface area (TPSA) is 110 Å². The van der Waals surface area contributed by atoms with E-state index in [0.29, 0.717) is 50.6 Å². The van der Waals surface area contributed by atoms with E-state index in [-0.39, 0.29) is 11.6 Å². The van der Waals surface area contributed by atoms with Crippen LogP contribution in [-0.2, 0) is 4.74 Å². The van der Waals surface area contributed by atoms with Crippen LogP contribution in [-0.4, -0.2) is 60.1 Å². The third-order valence-electron chi connectivity index (χ3n) is 4.15. The van der Waals surface area contributed by atoms with E-state index >= 15 is 0 Å². The quantitative estimate of drug-likeness (QED) is 0.435. The van der Waals surface area contributed by atoms with Crippen molar-refractivity contribution in [1.29, 1.82) is 0 Å². The lowest BCUT2D eigenvalue weighted by Gasteiger charge is -2.26. The Hall–Kier alpha value is -3.20. The smallest absolute Gasteiger partial charge is 0.293 e. The highest BCUT2D eigenvalue weighted by Crippen LogP contribution is 2.26. The van der Waals surface area contributed by atoms with Gasteiger partial charge in [-0.15, -0.1) is 0 Å². The number of aromatic nitrogens is 1. The Morgan fingerprint density at radius 3 is 2.67 bits per heavy atom. The van der Waals surface area contributed by atoms with Crippen molar-refractivity contribution in [2.45, 2.75) is 0 Å². The van der Waals surface area contributed by atoms with E-state index in [4.69, 9.17) is 4.74 Å². The highest BCUT2D eigenvalue weighted by Gasteiger charge is 2.22. The fraction of sp³-hybridized carbons (Fsp3) is 0.333. The van der Waals surface area contributed by atoms with Gasteiger partial charge in [0.15, 0.2) is 0 Å². The second-order valence-electron chi connectivity index (χ2n) is 5.96. The van der Waals surface area contributed by atoms with Gasteiger partial charge < -0.3 is 20.3 Å². The van der Waals surface area contributed by atoms with Gasteiger partial charge in [0.2, 0.25) is 0 Å². The number of carbonyl (C=O) groups is 1. The summed E-state index contributed by atoms with van der Waals surface area (Å²) in [4.78, 5) is 29.2. The molecule has 0 unspecified atom stereocenters. The molecule has 0 aliphatic carbocycles. The number of nitrogens with zero attached hydrogens (tertiary/aromatic N) is 3. The fourth-order valence-electron chi connectivity index (χ4n) is 2.77. The summed E-state index contributed by atoms with van der Waals surface area (Å²) in [5, 5.41) is 17.6. The Kier molecular flexibility index (Phi) is 6.16. The minimum absolute atomic E-state index is 0.119. The van der Waals surface area contributed by atoms with Crippen molar-refractivity contribution in [3.8, 4) is 0 Å². The van der Waals surface area contributed by atoms with Crippen molar-refractivity contribution in [1.82, 2.24) is 9.88 Å². The molecule has 2 N–H and O–H groups in total. The number of pyridine rings is 1. The van der Waals surface area contributed by atoms with Gasteiger partial charge in [0.1, 0.15) is 11.5 Å². The van der Waals surface area contributed by atoms with Crippen molar-refractivity contribution in [2.75, 3.05) is 50.0 Å². The first-order chi connectivity index (χ1) is 13.1. The number of nitrogens with one attached hydrogen (secondary N) is 2. The van der Waals surface area contributed by atoms with Crippen molar-refractivity contribution < 1.29 is 14.5 Å². The summed E-state index contributed by atoms with van der Waals surface area (Å²) in [5.41, 5.74) is 0.564. The number of nitro groups is 1. The fourth-order valence-corrected chi connectivity index (χ4v) is 2.77. The molecule has 1 saturated heterocycles. The number of nitro benzene ring substituents is 1. The van der Waals surface area contributed by atoms with Gasteiger partial charge in [-0.2, -0.15) is 0 Å². The van der Waals surface area contributed by atoms with E-state index in [9.17, 15) is 14.9 Å². The molecule has 0 spiro atoms. The van der Waals surface area contributed by atoms with Crippen LogP contribution in [0.4, 0.5) is 17.2 Å². The highest BCUT2D eigenvalue weighted by molar-refractivity contribution is 5.95. The first kappa shape index (κ1) is 18.6.